The largest absolute Gasteiger partial charge is 0.383 e. The highest BCUT2D eigenvalue weighted by Gasteiger charge is 2.43. The number of hydrogen-bond acceptors (Lipinski definition) is 2. The van der Waals surface area contributed by atoms with Gasteiger partial charge >= 0.3 is 0 Å². The monoisotopic (exact) mass is 247 g/mol. The second kappa shape index (κ2) is 4.31. The van der Waals surface area contributed by atoms with Gasteiger partial charge in [0.1, 0.15) is 5.60 Å². The van der Waals surface area contributed by atoms with Gasteiger partial charge in [-0.05, 0) is 11.5 Å². The van der Waals surface area contributed by atoms with Crippen molar-refractivity contribution in [1.82, 2.24) is 0 Å². The summed E-state index contributed by atoms with van der Waals surface area (Å²) in [6.45, 7) is 4.63. The first kappa shape index (κ1) is 14.0. The number of nitrogens with two attached hydrogens (primary N) is 1. The van der Waals surface area contributed by atoms with Crippen LogP contribution in [0.2, 0.25) is 0 Å². The molecular weight excluding hydrogens is 231 g/mol. The van der Waals surface area contributed by atoms with Crippen molar-refractivity contribution in [3.05, 3.63) is 35.1 Å². The van der Waals surface area contributed by atoms with E-state index < -0.39 is 28.5 Å². The maximum atomic E-state index is 13.6. The Morgan fingerprint density at radius 2 is 1.65 bits per heavy atom. The molecule has 1 aromatic rings. The Kier molecular flexibility index (Phi) is 3.55. The fourth-order valence-corrected chi connectivity index (χ4v) is 1.67. The maximum absolute atomic E-state index is 13.6. The van der Waals surface area contributed by atoms with E-state index in [1.807, 2.05) is 0 Å². The van der Waals surface area contributed by atoms with Gasteiger partial charge in [0.25, 0.3) is 0 Å². The standard InChI is InChI=1S/C12H16F3NO/c1-11(2,3)12(17,6-16)7-4-5-8(13)10(15)9(7)14/h4-5,17H,6,16H2,1-3H3. The number of rotatable bonds is 2. The van der Waals surface area contributed by atoms with Crippen LogP contribution in [0.4, 0.5) is 13.2 Å². The molecule has 0 aliphatic heterocycles. The Hall–Kier alpha value is -1.07. The summed E-state index contributed by atoms with van der Waals surface area (Å²) in [6.07, 6.45) is 0. The van der Waals surface area contributed by atoms with Crippen molar-refractivity contribution >= 4 is 0 Å². The van der Waals surface area contributed by atoms with E-state index in [0.717, 1.165) is 12.1 Å². The lowest BCUT2D eigenvalue weighted by Crippen LogP contribution is -2.47. The Balaban J connectivity index is 3.47. The van der Waals surface area contributed by atoms with E-state index in [-0.39, 0.29) is 12.1 Å². The molecule has 1 rings (SSSR count). The zero-order valence-electron chi connectivity index (χ0n) is 10.0. The predicted molar refractivity (Wildman–Crippen MR) is 58.7 cm³/mol. The van der Waals surface area contributed by atoms with Gasteiger partial charge in [0.05, 0.1) is 0 Å². The van der Waals surface area contributed by atoms with E-state index in [1.54, 1.807) is 20.8 Å². The van der Waals surface area contributed by atoms with Gasteiger partial charge in [0, 0.05) is 12.1 Å². The molecule has 0 amide bonds. The van der Waals surface area contributed by atoms with E-state index >= 15 is 0 Å². The lowest BCUT2D eigenvalue weighted by atomic mass is 9.72. The molecule has 1 aromatic carbocycles. The van der Waals surface area contributed by atoms with Crippen LogP contribution >= 0.6 is 0 Å². The predicted octanol–water partition coefficient (Wildman–Crippen LogP) is 2.30. The summed E-state index contributed by atoms with van der Waals surface area (Å²) in [5.74, 6) is -4.29. The van der Waals surface area contributed by atoms with E-state index in [4.69, 9.17) is 5.73 Å². The molecule has 0 saturated heterocycles. The number of halogens is 3. The van der Waals surface area contributed by atoms with E-state index in [2.05, 4.69) is 0 Å². The molecule has 0 aromatic heterocycles. The minimum atomic E-state index is -1.76. The van der Waals surface area contributed by atoms with E-state index in [1.165, 1.54) is 0 Å². The fourth-order valence-electron chi connectivity index (χ4n) is 1.67. The average Bonchev–Trinajstić information content (AvgIpc) is 2.23. The molecule has 0 aliphatic rings. The molecule has 0 heterocycles. The quantitative estimate of drug-likeness (QED) is 0.788. The molecule has 0 aliphatic carbocycles. The third kappa shape index (κ3) is 2.17. The Bertz CT molecular complexity index is 428. The Morgan fingerprint density at radius 1 is 1.12 bits per heavy atom. The first-order chi connectivity index (χ1) is 7.65. The molecule has 1 unspecified atom stereocenters. The molecule has 3 N–H and O–H groups in total. The van der Waals surface area contributed by atoms with Crippen LogP contribution in [-0.2, 0) is 5.60 Å². The normalized spacial score (nSPS) is 15.8. The van der Waals surface area contributed by atoms with Gasteiger partial charge in [-0.25, -0.2) is 13.2 Å². The number of benzene rings is 1. The summed E-state index contributed by atoms with van der Waals surface area (Å²) in [6, 6.07) is 1.80. The third-order valence-corrected chi connectivity index (χ3v) is 3.02. The molecule has 2 nitrogen and oxygen atoms in total. The lowest BCUT2D eigenvalue weighted by molar-refractivity contribution is -0.0588. The van der Waals surface area contributed by atoms with Crippen LogP contribution < -0.4 is 5.73 Å². The van der Waals surface area contributed by atoms with Gasteiger partial charge in [0.2, 0.25) is 0 Å². The molecule has 0 saturated carbocycles. The van der Waals surface area contributed by atoms with Crippen LogP contribution in [0.1, 0.15) is 26.3 Å². The molecule has 0 bridgehead atoms. The van der Waals surface area contributed by atoms with Crippen LogP contribution in [-0.4, -0.2) is 11.7 Å². The number of hydrogen-bond donors (Lipinski definition) is 2. The SMILES string of the molecule is CC(C)(C)C(O)(CN)c1ccc(F)c(F)c1F. The summed E-state index contributed by atoms with van der Waals surface area (Å²) in [5, 5.41) is 10.4. The van der Waals surface area contributed by atoms with Crippen molar-refractivity contribution in [3.63, 3.8) is 0 Å². The maximum Gasteiger partial charge on any atom is 0.194 e. The Morgan fingerprint density at radius 3 is 2.06 bits per heavy atom. The van der Waals surface area contributed by atoms with E-state index in [9.17, 15) is 18.3 Å². The highest BCUT2D eigenvalue weighted by atomic mass is 19.2. The minimum absolute atomic E-state index is 0.293. The molecule has 0 spiro atoms. The van der Waals surface area contributed by atoms with Crippen LogP contribution in [0, 0.1) is 22.9 Å². The summed E-state index contributed by atoms with van der Waals surface area (Å²) < 4.78 is 39.6. The van der Waals surface area contributed by atoms with Gasteiger partial charge in [-0.2, -0.15) is 0 Å². The highest BCUT2D eigenvalue weighted by molar-refractivity contribution is 5.28. The van der Waals surface area contributed by atoms with Crippen molar-refractivity contribution in [1.29, 1.82) is 0 Å². The molecule has 1 atom stereocenters. The Labute approximate surface area is 98.3 Å². The molecule has 96 valence electrons. The second-order valence-electron chi connectivity index (χ2n) is 5.04. The first-order valence-corrected chi connectivity index (χ1v) is 5.21. The summed E-state index contributed by atoms with van der Waals surface area (Å²) in [5.41, 5.74) is 2.55. The van der Waals surface area contributed by atoms with Gasteiger partial charge in [-0.1, -0.05) is 26.8 Å². The molecule has 5 heteroatoms. The van der Waals surface area contributed by atoms with Gasteiger partial charge < -0.3 is 10.8 Å². The van der Waals surface area contributed by atoms with Crippen LogP contribution in [0.25, 0.3) is 0 Å². The number of aliphatic hydroxyl groups is 1. The second-order valence-corrected chi connectivity index (χ2v) is 5.04. The van der Waals surface area contributed by atoms with Gasteiger partial charge in [-0.3, -0.25) is 0 Å². The summed E-state index contributed by atoms with van der Waals surface area (Å²) >= 11 is 0. The molecular formula is C12H16F3NO. The topological polar surface area (TPSA) is 46.2 Å². The fraction of sp³-hybridized carbons (Fsp3) is 0.500. The van der Waals surface area contributed by atoms with Crippen molar-refractivity contribution in [2.24, 2.45) is 11.1 Å². The minimum Gasteiger partial charge on any atom is -0.383 e. The molecule has 0 fully saturated rings. The van der Waals surface area contributed by atoms with Crippen molar-refractivity contribution in [2.45, 2.75) is 26.4 Å². The van der Waals surface area contributed by atoms with Crippen LogP contribution in [0.5, 0.6) is 0 Å². The smallest absolute Gasteiger partial charge is 0.194 e. The van der Waals surface area contributed by atoms with Gasteiger partial charge in [-0.15, -0.1) is 0 Å². The zero-order chi connectivity index (χ0) is 13.4. The zero-order valence-corrected chi connectivity index (χ0v) is 10.0. The molecule has 0 radical (unpaired) electrons. The lowest BCUT2D eigenvalue weighted by Gasteiger charge is -2.40. The molecule has 17 heavy (non-hydrogen) atoms. The van der Waals surface area contributed by atoms with Crippen LogP contribution in [0.3, 0.4) is 0 Å². The van der Waals surface area contributed by atoms with E-state index in [0.29, 0.717) is 0 Å². The van der Waals surface area contributed by atoms with Crippen LogP contribution in [0.15, 0.2) is 12.1 Å². The first-order valence-electron chi connectivity index (χ1n) is 5.21. The van der Waals surface area contributed by atoms with Gasteiger partial charge in [0.15, 0.2) is 17.5 Å². The van der Waals surface area contributed by atoms with Crippen molar-refractivity contribution in [3.8, 4) is 0 Å². The van der Waals surface area contributed by atoms with Crippen molar-refractivity contribution in [2.75, 3.05) is 6.54 Å². The summed E-state index contributed by atoms with van der Waals surface area (Å²) in [4.78, 5) is 0. The highest BCUT2D eigenvalue weighted by Crippen LogP contribution is 2.40. The summed E-state index contributed by atoms with van der Waals surface area (Å²) in [7, 11) is 0. The van der Waals surface area contributed by atoms with Crippen molar-refractivity contribution < 1.29 is 18.3 Å². The average molecular weight is 247 g/mol. The third-order valence-electron chi connectivity index (χ3n) is 3.02.